The monoisotopic (exact) mass is 324 g/mol. The molecular formula is C18H16N2O4. The predicted molar refractivity (Wildman–Crippen MR) is 88.9 cm³/mol. The zero-order valence-corrected chi connectivity index (χ0v) is 12.8. The van der Waals surface area contributed by atoms with Gasteiger partial charge in [0.2, 0.25) is 5.75 Å². The van der Waals surface area contributed by atoms with E-state index in [0.717, 1.165) is 0 Å². The third-order valence-corrected chi connectivity index (χ3v) is 3.26. The van der Waals surface area contributed by atoms with E-state index >= 15 is 0 Å². The molecule has 1 N–H and O–H groups in total. The van der Waals surface area contributed by atoms with Gasteiger partial charge in [-0.3, -0.25) is 4.79 Å². The van der Waals surface area contributed by atoms with Gasteiger partial charge in [-0.25, -0.2) is 0 Å². The molecule has 3 aromatic rings. The molecule has 1 aromatic heterocycles. The largest absolute Gasteiger partial charge is 0.503 e. The first-order valence-electron chi connectivity index (χ1n) is 7.43. The summed E-state index contributed by atoms with van der Waals surface area (Å²) in [6.45, 7) is 0.368. The Balaban J connectivity index is 1.70. The highest BCUT2D eigenvalue weighted by atomic mass is 16.5. The van der Waals surface area contributed by atoms with Crippen LogP contribution in [0, 0.1) is 0 Å². The summed E-state index contributed by atoms with van der Waals surface area (Å²) >= 11 is 0. The standard InChI is InChI=1S/C18H16N2O4/c21-16-13-19-20(14-7-3-1-4-8-14)18(22)17(16)24-12-11-23-15-9-5-2-6-10-15/h1-10,13,21H,11-12H2. The second-order valence-electron chi connectivity index (χ2n) is 4.92. The van der Waals surface area contributed by atoms with Crippen molar-refractivity contribution < 1.29 is 14.6 Å². The number of hydrogen-bond acceptors (Lipinski definition) is 5. The van der Waals surface area contributed by atoms with Crippen LogP contribution in [0.1, 0.15) is 0 Å². The van der Waals surface area contributed by atoms with Crippen molar-refractivity contribution in [2.75, 3.05) is 13.2 Å². The Morgan fingerprint density at radius 2 is 1.54 bits per heavy atom. The van der Waals surface area contributed by atoms with Crippen molar-refractivity contribution in [2.24, 2.45) is 0 Å². The highest BCUT2D eigenvalue weighted by Gasteiger charge is 2.13. The van der Waals surface area contributed by atoms with Crippen LogP contribution in [0.25, 0.3) is 5.69 Å². The maximum atomic E-state index is 12.4. The minimum atomic E-state index is -0.527. The lowest BCUT2D eigenvalue weighted by molar-refractivity contribution is 0.209. The molecule has 6 heteroatoms. The number of rotatable bonds is 6. The lowest BCUT2D eigenvalue weighted by atomic mass is 10.3. The average Bonchev–Trinajstić information content (AvgIpc) is 2.62. The summed E-state index contributed by atoms with van der Waals surface area (Å²) in [5, 5.41) is 13.8. The third-order valence-electron chi connectivity index (χ3n) is 3.26. The molecule has 0 aliphatic rings. The van der Waals surface area contributed by atoms with Crippen molar-refractivity contribution in [1.29, 1.82) is 0 Å². The molecule has 0 bridgehead atoms. The Labute approximate surface area is 138 Å². The lowest BCUT2D eigenvalue weighted by Crippen LogP contribution is -2.24. The topological polar surface area (TPSA) is 73.6 Å². The highest BCUT2D eigenvalue weighted by Crippen LogP contribution is 2.19. The molecular weight excluding hydrogens is 308 g/mol. The molecule has 0 unspecified atom stereocenters. The number of hydrogen-bond donors (Lipinski definition) is 1. The second kappa shape index (κ2) is 7.32. The zero-order valence-electron chi connectivity index (χ0n) is 12.8. The van der Waals surface area contributed by atoms with Crippen LogP contribution in [0.5, 0.6) is 17.2 Å². The van der Waals surface area contributed by atoms with Crippen LogP contribution in [0.15, 0.2) is 71.7 Å². The van der Waals surface area contributed by atoms with Crippen LogP contribution in [-0.2, 0) is 0 Å². The van der Waals surface area contributed by atoms with Crippen molar-refractivity contribution in [3.8, 4) is 22.9 Å². The van der Waals surface area contributed by atoms with Gasteiger partial charge < -0.3 is 14.6 Å². The summed E-state index contributed by atoms with van der Waals surface area (Å²) < 4.78 is 12.1. The fraction of sp³-hybridized carbons (Fsp3) is 0.111. The normalized spacial score (nSPS) is 10.3. The summed E-state index contributed by atoms with van der Waals surface area (Å²) in [6, 6.07) is 18.2. The Hall–Kier alpha value is -3.28. The second-order valence-corrected chi connectivity index (χ2v) is 4.92. The third kappa shape index (κ3) is 3.55. The molecule has 0 fully saturated rings. The summed E-state index contributed by atoms with van der Waals surface area (Å²) in [4.78, 5) is 12.4. The molecule has 0 aliphatic carbocycles. The zero-order chi connectivity index (χ0) is 16.8. The summed E-state index contributed by atoms with van der Waals surface area (Å²) in [6.07, 6.45) is 1.18. The minimum absolute atomic E-state index is 0.122. The predicted octanol–water partition coefficient (Wildman–Crippen LogP) is 2.40. The van der Waals surface area contributed by atoms with Crippen LogP contribution in [-0.4, -0.2) is 28.1 Å². The van der Waals surface area contributed by atoms with Crippen LogP contribution in [0.3, 0.4) is 0 Å². The number of aromatic nitrogens is 2. The molecule has 2 aromatic carbocycles. The Morgan fingerprint density at radius 3 is 2.25 bits per heavy atom. The Morgan fingerprint density at radius 1 is 0.917 bits per heavy atom. The van der Waals surface area contributed by atoms with Gasteiger partial charge in [0.15, 0.2) is 5.75 Å². The van der Waals surface area contributed by atoms with Gasteiger partial charge in [0, 0.05) is 0 Å². The van der Waals surface area contributed by atoms with E-state index in [4.69, 9.17) is 9.47 Å². The minimum Gasteiger partial charge on any atom is -0.503 e. The number of para-hydroxylation sites is 2. The van der Waals surface area contributed by atoms with E-state index in [-0.39, 0.29) is 24.7 Å². The van der Waals surface area contributed by atoms with Crippen molar-refractivity contribution in [2.45, 2.75) is 0 Å². The molecule has 0 amide bonds. The lowest BCUT2D eigenvalue weighted by Gasteiger charge is -2.11. The molecule has 24 heavy (non-hydrogen) atoms. The SMILES string of the molecule is O=c1c(OCCOc2ccccc2)c(O)cnn1-c1ccccc1. The maximum absolute atomic E-state index is 12.4. The Kier molecular flexibility index (Phi) is 4.76. The number of ether oxygens (including phenoxy) is 2. The molecule has 0 atom stereocenters. The molecule has 0 spiro atoms. The number of benzene rings is 2. The molecule has 122 valence electrons. The van der Waals surface area contributed by atoms with E-state index < -0.39 is 5.56 Å². The van der Waals surface area contributed by atoms with E-state index in [1.807, 2.05) is 36.4 Å². The molecule has 0 radical (unpaired) electrons. The number of aromatic hydroxyl groups is 1. The maximum Gasteiger partial charge on any atom is 0.317 e. The van der Waals surface area contributed by atoms with Crippen LogP contribution < -0.4 is 15.0 Å². The Bertz CT molecular complexity index is 848. The summed E-state index contributed by atoms with van der Waals surface area (Å²) in [5.74, 6) is 0.263. The molecule has 6 nitrogen and oxygen atoms in total. The molecule has 0 aliphatic heterocycles. The van der Waals surface area contributed by atoms with Gasteiger partial charge >= 0.3 is 5.56 Å². The van der Waals surface area contributed by atoms with E-state index in [1.165, 1.54) is 10.9 Å². The van der Waals surface area contributed by atoms with Crippen molar-refractivity contribution in [1.82, 2.24) is 9.78 Å². The van der Waals surface area contributed by atoms with Crippen molar-refractivity contribution in [3.05, 3.63) is 77.2 Å². The first-order chi connectivity index (χ1) is 11.8. The smallest absolute Gasteiger partial charge is 0.317 e. The molecule has 0 saturated carbocycles. The van der Waals surface area contributed by atoms with Gasteiger partial charge in [-0.2, -0.15) is 9.78 Å². The highest BCUT2D eigenvalue weighted by molar-refractivity contribution is 5.38. The van der Waals surface area contributed by atoms with Crippen molar-refractivity contribution in [3.63, 3.8) is 0 Å². The van der Waals surface area contributed by atoms with Crippen LogP contribution in [0.4, 0.5) is 0 Å². The van der Waals surface area contributed by atoms with Gasteiger partial charge in [0.05, 0.1) is 11.9 Å². The quantitative estimate of drug-likeness (QED) is 0.705. The fourth-order valence-electron chi connectivity index (χ4n) is 2.14. The van der Waals surface area contributed by atoms with Crippen molar-refractivity contribution >= 4 is 0 Å². The van der Waals surface area contributed by atoms with Gasteiger partial charge in [-0.1, -0.05) is 36.4 Å². The first kappa shape index (κ1) is 15.6. The van der Waals surface area contributed by atoms with Gasteiger partial charge in [0.1, 0.15) is 19.0 Å². The van der Waals surface area contributed by atoms with Gasteiger partial charge in [0.25, 0.3) is 0 Å². The van der Waals surface area contributed by atoms with Gasteiger partial charge in [-0.15, -0.1) is 0 Å². The van der Waals surface area contributed by atoms with E-state index in [1.54, 1.807) is 24.3 Å². The van der Waals surface area contributed by atoms with Gasteiger partial charge in [-0.05, 0) is 24.3 Å². The molecule has 1 heterocycles. The van der Waals surface area contributed by atoms with Crippen LogP contribution in [0.2, 0.25) is 0 Å². The average molecular weight is 324 g/mol. The van der Waals surface area contributed by atoms with E-state index in [9.17, 15) is 9.90 Å². The van der Waals surface area contributed by atoms with E-state index in [2.05, 4.69) is 5.10 Å². The van der Waals surface area contributed by atoms with Crippen LogP contribution >= 0.6 is 0 Å². The molecule has 3 rings (SSSR count). The number of nitrogens with zero attached hydrogens (tertiary/aromatic N) is 2. The summed E-state index contributed by atoms with van der Waals surface area (Å²) in [7, 11) is 0. The summed E-state index contributed by atoms with van der Waals surface area (Å²) in [5.41, 5.74) is 0.0637. The van der Waals surface area contributed by atoms with E-state index in [0.29, 0.717) is 11.4 Å². The molecule has 0 saturated heterocycles. The fourth-order valence-corrected chi connectivity index (χ4v) is 2.14. The first-order valence-corrected chi connectivity index (χ1v) is 7.43.